The quantitative estimate of drug-likeness (QED) is 0.358. The van der Waals surface area contributed by atoms with Crippen molar-refractivity contribution in [1.82, 2.24) is 4.98 Å². The van der Waals surface area contributed by atoms with E-state index < -0.39 is 5.97 Å². The van der Waals surface area contributed by atoms with Gasteiger partial charge in [-0.25, -0.2) is 14.2 Å². The van der Waals surface area contributed by atoms with Crippen LogP contribution < -0.4 is 15.6 Å². The minimum Gasteiger partial charge on any atom is -0.476 e. The molecule has 1 aliphatic heterocycles. The zero-order valence-corrected chi connectivity index (χ0v) is 19.5. The number of anilines is 2. The van der Waals surface area contributed by atoms with Crippen molar-refractivity contribution >= 4 is 40.1 Å². The first-order valence-corrected chi connectivity index (χ1v) is 11.4. The fourth-order valence-corrected chi connectivity index (χ4v) is 4.56. The van der Waals surface area contributed by atoms with Gasteiger partial charge in [0.05, 0.1) is 11.1 Å². The van der Waals surface area contributed by atoms with E-state index in [1.165, 1.54) is 24.3 Å². The number of benzene rings is 2. The van der Waals surface area contributed by atoms with E-state index in [9.17, 15) is 19.1 Å². The maximum Gasteiger partial charge on any atom is 0.356 e. The summed E-state index contributed by atoms with van der Waals surface area (Å²) in [6.45, 7) is 3.26. The van der Waals surface area contributed by atoms with Crippen molar-refractivity contribution in [3.8, 4) is 0 Å². The molecule has 9 heteroatoms. The Labute approximate surface area is 204 Å². The Bertz CT molecular complexity index is 1540. The maximum absolute atomic E-state index is 13.6. The topological polar surface area (TPSA) is 95.7 Å². The molecule has 0 radical (unpaired) electrons. The summed E-state index contributed by atoms with van der Waals surface area (Å²) in [7, 11) is 0. The second-order valence-corrected chi connectivity index (χ2v) is 8.92. The van der Waals surface area contributed by atoms with Crippen LogP contribution in [0.4, 0.5) is 16.0 Å². The smallest absolute Gasteiger partial charge is 0.356 e. The van der Waals surface area contributed by atoms with Crippen LogP contribution in [-0.2, 0) is 19.5 Å². The molecule has 0 spiro atoms. The standard InChI is InChI=1S/C26H21ClFN3O4/c1-14-8-15(6-7-29-20-4-5-22(27)30-24(20)26(33)34)25-19(9-14)21(32)11-23(35-25)31-12-16-2-3-18(28)10-17(16)13-31/h2-5,8-11,29H,6-7,12-13H2,1H3,(H,33,34). The third-order valence-electron chi connectivity index (χ3n) is 6.01. The van der Waals surface area contributed by atoms with Gasteiger partial charge in [-0.1, -0.05) is 23.7 Å². The first-order valence-electron chi connectivity index (χ1n) is 11.0. The fourth-order valence-electron chi connectivity index (χ4n) is 4.41. The lowest BCUT2D eigenvalue weighted by molar-refractivity contribution is 0.0691. The maximum atomic E-state index is 13.6. The molecule has 178 valence electrons. The first-order chi connectivity index (χ1) is 16.8. The molecule has 7 nitrogen and oxygen atoms in total. The summed E-state index contributed by atoms with van der Waals surface area (Å²) in [4.78, 5) is 30.3. The lowest BCUT2D eigenvalue weighted by Crippen LogP contribution is -2.17. The Kier molecular flexibility index (Phi) is 5.90. The number of carboxylic acid groups (broad SMARTS) is 1. The van der Waals surface area contributed by atoms with Crippen molar-refractivity contribution in [3.63, 3.8) is 0 Å². The normalized spacial score (nSPS) is 12.7. The van der Waals surface area contributed by atoms with Crippen LogP contribution in [0.5, 0.6) is 0 Å². The molecule has 0 saturated carbocycles. The summed E-state index contributed by atoms with van der Waals surface area (Å²) >= 11 is 5.83. The van der Waals surface area contributed by atoms with Gasteiger partial charge in [0.15, 0.2) is 11.1 Å². The van der Waals surface area contributed by atoms with Gasteiger partial charge in [0, 0.05) is 25.7 Å². The van der Waals surface area contributed by atoms with Crippen molar-refractivity contribution in [2.75, 3.05) is 16.8 Å². The Balaban J connectivity index is 1.44. The number of aromatic nitrogens is 1. The zero-order chi connectivity index (χ0) is 24.7. The molecule has 2 aromatic heterocycles. The molecule has 0 aliphatic carbocycles. The predicted molar refractivity (Wildman–Crippen MR) is 132 cm³/mol. The van der Waals surface area contributed by atoms with Gasteiger partial charge in [0.2, 0.25) is 5.88 Å². The number of carbonyl (C=O) groups is 1. The van der Waals surface area contributed by atoms with Crippen LogP contribution in [0.15, 0.2) is 57.7 Å². The summed E-state index contributed by atoms with van der Waals surface area (Å²) in [6, 6.07) is 13.0. The molecule has 35 heavy (non-hydrogen) atoms. The van der Waals surface area contributed by atoms with Crippen LogP contribution >= 0.6 is 11.6 Å². The summed E-state index contributed by atoms with van der Waals surface area (Å²) in [5.41, 5.74) is 4.10. The van der Waals surface area contributed by atoms with Crippen LogP contribution in [0.25, 0.3) is 11.0 Å². The average molecular weight is 494 g/mol. The minimum atomic E-state index is -1.18. The number of pyridine rings is 1. The van der Waals surface area contributed by atoms with Crippen molar-refractivity contribution in [2.45, 2.75) is 26.4 Å². The van der Waals surface area contributed by atoms with E-state index in [-0.39, 0.29) is 22.1 Å². The van der Waals surface area contributed by atoms with Crippen LogP contribution in [-0.4, -0.2) is 22.6 Å². The van der Waals surface area contributed by atoms with Crippen molar-refractivity contribution < 1.29 is 18.7 Å². The molecule has 1 aliphatic rings. The van der Waals surface area contributed by atoms with Crippen LogP contribution in [0.1, 0.15) is 32.7 Å². The lowest BCUT2D eigenvalue weighted by Gasteiger charge is -2.17. The van der Waals surface area contributed by atoms with E-state index in [1.807, 2.05) is 17.9 Å². The van der Waals surface area contributed by atoms with E-state index in [1.54, 1.807) is 18.2 Å². The van der Waals surface area contributed by atoms with E-state index in [2.05, 4.69) is 10.3 Å². The van der Waals surface area contributed by atoms with Gasteiger partial charge in [-0.2, -0.15) is 0 Å². The number of hydrogen-bond acceptors (Lipinski definition) is 6. The third kappa shape index (κ3) is 4.57. The average Bonchev–Trinajstić information content (AvgIpc) is 3.23. The number of carboxylic acids is 1. The molecular formula is C26H21ClFN3O4. The number of aromatic carboxylic acids is 1. The Morgan fingerprint density at radius 1 is 1.17 bits per heavy atom. The molecule has 0 fully saturated rings. The summed E-state index contributed by atoms with van der Waals surface area (Å²) in [5, 5.41) is 13.1. The molecule has 3 heterocycles. The fraction of sp³-hybridized carbons (Fsp3) is 0.192. The van der Waals surface area contributed by atoms with Crippen LogP contribution in [0, 0.1) is 12.7 Å². The van der Waals surface area contributed by atoms with E-state index in [0.717, 1.165) is 22.3 Å². The Morgan fingerprint density at radius 2 is 1.97 bits per heavy atom. The zero-order valence-electron chi connectivity index (χ0n) is 18.8. The molecule has 0 amide bonds. The van der Waals surface area contributed by atoms with Crippen molar-refractivity contribution in [1.29, 1.82) is 0 Å². The van der Waals surface area contributed by atoms with Gasteiger partial charge >= 0.3 is 5.97 Å². The molecular weight excluding hydrogens is 473 g/mol. The largest absolute Gasteiger partial charge is 0.476 e. The highest BCUT2D eigenvalue weighted by Crippen LogP contribution is 2.31. The second-order valence-electron chi connectivity index (χ2n) is 8.53. The lowest BCUT2D eigenvalue weighted by atomic mass is 10.0. The highest BCUT2D eigenvalue weighted by Gasteiger charge is 2.23. The summed E-state index contributed by atoms with van der Waals surface area (Å²) < 4.78 is 19.9. The molecule has 0 unspecified atom stereocenters. The molecule has 2 aromatic carbocycles. The number of fused-ring (bicyclic) bond motifs is 2. The molecule has 4 aromatic rings. The first kappa shape index (κ1) is 22.9. The van der Waals surface area contributed by atoms with Crippen molar-refractivity contribution in [2.24, 2.45) is 0 Å². The molecule has 2 N–H and O–H groups in total. The highest BCUT2D eigenvalue weighted by atomic mass is 35.5. The van der Waals surface area contributed by atoms with Crippen LogP contribution in [0.2, 0.25) is 5.15 Å². The Morgan fingerprint density at radius 3 is 2.77 bits per heavy atom. The highest BCUT2D eigenvalue weighted by molar-refractivity contribution is 6.29. The molecule has 0 saturated heterocycles. The molecule has 0 bridgehead atoms. The number of halogens is 2. The SMILES string of the molecule is Cc1cc(CCNc2ccc(Cl)nc2C(=O)O)c2oc(N3Cc4ccc(F)cc4C3)cc(=O)c2c1. The van der Waals surface area contributed by atoms with Gasteiger partial charge < -0.3 is 19.7 Å². The number of rotatable bonds is 6. The van der Waals surface area contributed by atoms with Crippen LogP contribution in [0.3, 0.4) is 0 Å². The number of aryl methyl sites for hydroxylation is 1. The number of nitrogens with zero attached hydrogens (tertiary/aromatic N) is 2. The minimum absolute atomic E-state index is 0.0961. The summed E-state index contributed by atoms with van der Waals surface area (Å²) in [6.07, 6.45) is 0.470. The predicted octanol–water partition coefficient (Wildman–Crippen LogP) is 5.16. The number of nitrogens with one attached hydrogen (secondary N) is 1. The molecule has 0 atom stereocenters. The van der Waals surface area contributed by atoms with Gasteiger partial charge in [-0.3, -0.25) is 4.79 Å². The van der Waals surface area contributed by atoms with E-state index in [4.69, 9.17) is 16.0 Å². The Hall–Kier alpha value is -3.91. The molecule has 5 rings (SSSR count). The number of hydrogen-bond donors (Lipinski definition) is 2. The van der Waals surface area contributed by atoms with E-state index >= 15 is 0 Å². The van der Waals surface area contributed by atoms with Crippen molar-refractivity contribution in [3.05, 3.63) is 97.7 Å². The van der Waals surface area contributed by atoms with Gasteiger partial charge in [-0.05, 0) is 65.9 Å². The third-order valence-corrected chi connectivity index (χ3v) is 6.22. The van der Waals surface area contributed by atoms with E-state index in [0.29, 0.717) is 48.6 Å². The van der Waals surface area contributed by atoms with Gasteiger partial charge in [0.1, 0.15) is 16.6 Å². The van der Waals surface area contributed by atoms with Gasteiger partial charge in [-0.15, -0.1) is 0 Å². The summed E-state index contributed by atoms with van der Waals surface area (Å²) in [5.74, 6) is -1.05. The second kappa shape index (κ2) is 9.03. The monoisotopic (exact) mass is 493 g/mol. The van der Waals surface area contributed by atoms with Gasteiger partial charge in [0.25, 0.3) is 0 Å².